The monoisotopic (exact) mass is 460 g/mol. The van der Waals surface area contributed by atoms with Crippen LogP contribution in [0.15, 0.2) is 42.7 Å². The SMILES string of the molecule is CN(C)C1(c2ccccc2)CCC2(CC1)CN(c1cnc(C#N)nc1)C(=O)N2CC1(O)CCC1. The summed E-state index contributed by atoms with van der Waals surface area (Å²) >= 11 is 0. The molecular weight excluding hydrogens is 428 g/mol. The number of aromatic nitrogens is 2. The maximum Gasteiger partial charge on any atom is 0.325 e. The predicted octanol–water partition coefficient (Wildman–Crippen LogP) is 3.28. The molecule has 8 nitrogen and oxygen atoms in total. The fourth-order valence-corrected chi connectivity index (χ4v) is 6.09. The first-order valence-electron chi connectivity index (χ1n) is 12.1. The summed E-state index contributed by atoms with van der Waals surface area (Å²) in [5, 5.41) is 20.1. The number of anilines is 1. The minimum absolute atomic E-state index is 0.0838. The van der Waals surface area contributed by atoms with Gasteiger partial charge in [-0.15, -0.1) is 0 Å². The number of amides is 2. The second-order valence-corrected chi connectivity index (χ2v) is 10.4. The maximum absolute atomic E-state index is 13.7. The molecule has 2 aromatic rings. The van der Waals surface area contributed by atoms with Gasteiger partial charge in [0.05, 0.1) is 42.3 Å². The number of hydrogen-bond donors (Lipinski definition) is 1. The largest absolute Gasteiger partial charge is 0.388 e. The fraction of sp³-hybridized carbons (Fsp3) is 0.538. The molecule has 3 fully saturated rings. The van der Waals surface area contributed by atoms with Crippen molar-refractivity contribution in [3.63, 3.8) is 0 Å². The highest BCUT2D eigenvalue weighted by Crippen LogP contribution is 2.50. The third-order valence-electron chi connectivity index (χ3n) is 8.45. The molecular formula is C26H32N6O2. The lowest BCUT2D eigenvalue weighted by Gasteiger charge is -2.52. The molecule has 5 rings (SSSR count). The molecule has 2 saturated carbocycles. The van der Waals surface area contributed by atoms with Gasteiger partial charge in [0, 0.05) is 5.54 Å². The van der Waals surface area contributed by atoms with Crippen LogP contribution in [0.1, 0.15) is 56.3 Å². The lowest BCUT2D eigenvalue weighted by atomic mass is 9.67. The first kappa shape index (κ1) is 22.8. The van der Waals surface area contributed by atoms with E-state index < -0.39 is 5.60 Å². The van der Waals surface area contributed by atoms with E-state index >= 15 is 0 Å². The van der Waals surface area contributed by atoms with Gasteiger partial charge in [0.15, 0.2) is 0 Å². The van der Waals surface area contributed by atoms with Crippen molar-refractivity contribution in [2.75, 3.05) is 32.1 Å². The van der Waals surface area contributed by atoms with Crippen LogP contribution in [0.5, 0.6) is 0 Å². The Bertz CT molecular complexity index is 1080. The van der Waals surface area contributed by atoms with E-state index in [-0.39, 0.29) is 22.9 Å². The number of carbonyl (C=O) groups is 1. The average molecular weight is 461 g/mol. The van der Waals surface area contributed by atoms with Crippen molar-refractivity contribution in [2.24, 2.45) is 0 Å². The molecule has 34 heavy (non-hydrogen) atoms. The Balaban J connectivity index is 1.46. The Morgan fingerprint density at radius 3 is 2.24 bits per heavy atom. The molecule has 178 valence electrons. The maximum atomic E-state index is 13.7. The summed E-state index contributed by atoms with van der Waals surface area (Å²) in [5.41, 5.74) is 0.666. The number of urea groups is 1. The number of rotatable bonds is 5. The summed E-state index contributed by atoms with van der Waals surface area (Å²) < 4.78 is 0. The van der Waals surface area contributed by atoms with Gasteiger partial charge >= 0.3 is 6.03 Å². The topological polar surface area (TPSA) is 96.6 Å². The van der Waals surface area contributed by atoms with E-state index in [2.05, 4.69) is 53.2 Å². The summed E-state index contributed by atoms with van der Waals surface area (Å²) in [5.74, 6) is 0.0852. The van der Waals surface area contributed by atoms with Gasteiger partial charge in [-0.3, -0.25) is 9.80 Å². The van der Waals surface area contributed by atoms with Crippen molar-refractivity contribution >= 4 is 11.7 Å². The molecule has 0 bridgehead atoms. The Kier molecular flexibility index (Phi) is 5.58. The second-order valence-electron chi connectivity index (χ2n) is 10.4. The van der Waals surface area contributed by atoms with Crippen LogP contribution in [0.25, 0.3) is 0 Å². The highest BCUT2D eigenvalue weighted by Gasteiger charge is 2.56. The highest BCUT2D eigenvalue weighted by atomic mass is 16.3. The molecule has 3 aliphatic rings. The van der Waals surface area contributed by atoms with Crippen LogP contribution in [0, 0.1) is 11.3 Å². The zero-order valence-corrected chi connectivity index (χ0v) is 19.9. The van der Waals surface area contributed by atoms with Crippen LogP contribution in [0.4, 0.5) is 10.5 Å². The number of nitrogens with zero attached hydrogens (tertiary/aromatic N) is 6. The van der Waals surface area contributed by atoms with Crippen LogP contribution in [-0.2, 0) is 5.54 Å². The molecule has 2 amide bonds. The van der Waals surface area contributed by atoms with Crippen LogP contribution < -0.4 is 4.90 Å². The molecule has 2 heterocycles. The molecule has 0 unspecified atom stereocenters. The highest BCUT2D eigenvalue weighted by molar-refractivity contribution is 5.95. The van der Waals surface area contributed by atoms with Gasteiger partial charge < -0.3 is 10.0 Å². The Labute approximate surface area is 200 Å². The summed E-state index contributed by atoms with van der Waals surface area (Å²) in [6.07, 6.45) is 9.09. The smallest absolute Gasteiger partial charge is 0.325 e. The summed E-state index contributed by atoms with van der Waals surface area (Å²) in [6.45, 7) is 0.898. The predicted molar refractivity (Wildman–Crippen MR) is 128 cm³/mol. The Morgan fingerprint density at radius 2 is 1.71 bits per heavy atom. The van der Waals surface area contributed by atoms with Crippen LogP contribution in [0.3, 0.4) is 0 Å². The van der Waals surface area contributed by atoms with E-state index in [0.717, 1.165) is 44.9 Å². The standard InChI is InChI=1S/C26H32N6O2/c1-30(2)26(20-7-4-3-5-8-20)13-11-24(12-14-26)18-31(21-16-28-22(15-27)29-17-21)23(33)32(24)19-25(34)9-6-10-25/h3-5,7-8,16-17,34H,6,9-14,18-19H2,1-2H3. The van der Waals surface area contributed by atoms with E-state index in [9.17, 15) is 9.90 Å². The number of benzene rings is 1. The Hall–Kier alpha value is -3.02. The van der Waals surface area contributed by atoms with Crippen molar-refractivity contribution < 1.29 is 9.90 Å². The summed E-state index contributed by atoms with van der Waals surface area (Å²) in [7, 11) is 4.28. The zero-order valence-electron chi connectivity index (χ0n) is 19.9. The fourth-order valence-electron chi connectivity index (χ4n) is 6.09. The normalized spacial score (nSPS) is 28.3. The molecule has 1 aromatic carbocycles. The summed E-state index contributed by atoms with van der Waals surface area (Å²) in [6, 6.07) is 12.5. The van der Waals surface area contributed by atoms with Crippen molar-refractivity contribution in [3.8, 4) is 6.07 Å². The van der Waals surface area contributed by atoms with E-state index in [1.54, 1.807) is 17.3 Å². The number of aliphatic hydroxyl groups is 1. The van der Waals surface area contributed by atoms with E-state index in [1.165, 1.54) is 5.56 Å². The molecule has 0 atom stereocenters. The third kappa shape index (κ3) is 3.64. The molecule has 1 N–H and O–H groups in total. The lowest BCUT2D eigenvalue weighted by Crippen LogP contribution is -2.59. The molecule has 1 saturated heterocycles. The zero-order chi connectivity index (χ0) is 24.0. The number of nitriles is 1. The van der Waals surface area contributed by atoms with Gasteiger partial charge in [0.1, 0.15) is 6.07 Å². The van der Waals surface area contributed by atoms with Crippen molar-refractivity contribution in [1.82, 2.24) is 19.8 Å². The number of β-amino-alcohol motifs (C(OH)–C–C–N with tert-alkyl or cyclic N) is 1. The molecule has 0 radical (unpaired) electrons. The quantitative estimate of drug-likeness (QED) is 0.736. The van der Waals surface area contributed by atoms with E-state index in [0.29, 0.717) is 18.8 Å². The van der Waals surface area contributed by atoms with E-state index in [1.807, 2.05) is 17.0 Å². The van der Waals surface area contributed by atoms with Gasteiger partial charge in [-0.25, -0.2) is 14.8 Å². The number of hydrogen-bond acceptors (Lipinski definition) is 6. The van der Waals surface area contributed by atoms with Gasteiger partial charge in [-0.05, 0) is 64.6 Å². The average Bonchev–Trinajstić information content (AvgIpc) is 3.10. The number of carbonyl (C=O) groups excluding carboxylic acids is 1. The van der Waals surface area contributed by atoms with Crippen molar-refractivity contribution in [1.29, 1.82) is 5.26 Å². The van der Waals surface area contributed by atoms with Gasteiger partial charge in [0.2, 0.25) is 5.82 Å². The molecule has 8 heteroatoms. The molecule has 1 aromatic heterocycles. The second kappa shape index (κ2) is 8.33. The van der Waals surface area contributed by atoms with Crippen molar-refractivity contribution in [3.05, 3.63) is 54.1 Å². The minimum atomic E-state index is -0.796. The first-order valence-corrected chi connectivity index (χ1v) is 12.1. The van der Waals surface area contributed by atoms with Gasteiger partial charge in [-0.2, -0.15) is 5.26 Å². The van der Waals surface area contributed by atoms with Gasteiger partial charge in [0.25, 0.3) is 0 Å². The first-order chi connectivity index (χ1) is 16.3. The Morgan fingerprint density at radius 1 is 1.06 bits per heavy atom. The summed E-state index contributed by atoms with van der Waals surface area (Å²) in [4.78, 5) is 27.9. The van der Waals surface area contributed by atoms with E-state index in [4.69, 9.17) is 5.26 Å². The third-order valence-corrected chi connectivity index (χ3v) is 8.45. The lowest BCUT2D eigenvalue weighted by molar-refractivity contribution is -0.0725. The van der Waals surface area contributed by atoms with Gasteiger partial charge in [-0.1, -0.05) is 30.3 Å². The van der Waals surface area contributed by atoms with Crippen LogP contribution >= 0.6 is 0 Å². The molecule has 1 spiro atoms. The minimum Gasteiger partial charge on any atom is -0.388 e. The van der Waals surface area contributed by atoms with Crippen molar-refractivity contribution in [2.45, 2.75) is 61.6 Å². The van der Waals surface area contributed by atoms with Crippen LogP contribution in [0.2, 0.25) is 0 Å². The molecule has 2 aliphatic carbocycles. The van der Waals surface area contributed by atoms with Crippen LogP contribution in [-0.4, -0.2) is 69.2 Å². The molecule has 1 aliphatic heterocycles.